The van der Waals surface area contributed by atoms with Gasteiger partial charge in [0, 0.05) is 55.9 Å². The predicted octanol–water partition coefficient (Wildman–Crippen LogP) is 0.255. The molecular weight excluding hydrogens is 642 g/mol. The molecule has 0 fully saturated rings. The molecule has 270 valence electrons. The third-order valence-electron chi connectivity index (χ3n) is 6.75. The van der Waals surface area contributed by atoms with Crippen molar-refractivity contribution >= 4 is 34.9 Å². The van der Waals surface area contributed by atoms with Crippen molar-refractivity contribution in [1.29, 1.82) is 0 Å². The lowest BCUT2D eigenvalue weighted by atomic mass is 10.1. The number of nitrogens with two attached hydrogens (primary N) is 2. The van der Waals surface area contributed by atoms with Gasteiger partial charge in [0.05, 0.1) is 52.0 Å². The predicted molar refractivity (Wildman–Crippen MR) is 187 cm³/mol. The molecule has 0 aromatic heterocycles. The van der Waals surface area contributed by atoms with Crippen molar-refractivity contribution in [3.05, 3.63) is 35.4 Å². The number of rotatable bonds is 27. The zero-order chi connectivity index (χ0) is 35.4. The van der Waals surface area contributed by atoms with Crippen molar-refractivity contribution in [2.75, 3.05) is 77.1 Å². The molecule has 0 heterocycles. The average Bonchev–Trinajstić information content (AvgIpc) is 3.07. The van der Waals surface area contributed by atoms with Crippen LogP contribution >= 0.6 is 0 Å². The van der Waals surface area contributed by atoms with Crippen LogP contribution in [-0.2, 0) is 39.4 Å². The SMILES string of the molecule is COC(C[S+](CC#CCCCCC(=O)N/N=C\c1ccc(C(=O)NCCOCCOCCOCCN)cc1)CCC(N)C(=O)O)[C@@H](C)O. The maximum atomic E-state index is 12.3. The van der Waals surface area contributed by atoms with Gasteiger partial charge in [0.15, 0.2) is 5.75 Å². The van der Waals surface area contributed by atoms with Crippen molar-refractivity contribution in [2.24, 2.45) is 16.6 Å². The lowest BCUT2D eigenvalue weighted by Crippen LogP contribution is -2.37. The molecule has 0 saturated carbocycles. The number of carbonyl (C=O) groups is 3. The Kier molecular flexibility index (Phi) is 24.9. The number of carboxylic acid groups (broad SMARTS) is 1. The van der Waals surface area contributed by atoms with Crippen LogP contribution in [0.15, 0.2) is 29.4 Å². The van der Waals surface area contributed by atoms with Gasteiger partial charge in [0.25, 0.3) is 5.91 Å². The highest BCUT2D eigenvalue weighted by atomic mass is 32.2. The summed E-state index contributed by atoms with van der Waals surface area (Å²) in [5, 5.41) is 25.8. The van der Waals surface area contributed by atoms with Crippen molar-refractivity contribution in [3.63, 3.8) is 0 Å². The molecule has 15 heteroatoms. The molecule has 1 aromatic rings. The molecule has 0 spiro atoms. The maximum absolute atomic E-state index is 12.3. The number of aliphatic carboxylic acids is 1. The third kappa shape index (κ3) is 21.7. The molecule has 0 bridgehead atoms. The highest BCUT2D eigenvalue weighted by Crippen LogP contribution is 2.09. The Bertz CT molecular complexity index is 1130. The summed E-state index contributed by atoms with van der Waals surface area (Å²) in [5.74, 6) is 6.57. The van der Waals surface area contributed by atoms with Gasteiger partial charge in [0.1, 0.15) is 23.7 Å². The van der Waals surface area contributed by atoms with E-state index in [1.165, 1.54) is 6.21 Å². The Morgan fingerprint density at radius 2 is 1.69 bits per heavy atom. The number of nitrogens with zero attached hydrogens (tertiary/aromatic N) is 1. The molecule has 4 atom stereocenters. The van der Waals surface area contributed by atoms with E-state index >= 15 is 0 Å². The van der Waals surface area contributed by atoms with Crippen molar-refractivity contribution in [2.45, 2.75) is 57.3 Å². The van der Waals surface area contributed by atoms with E-state index in [9.17, 15) is 19.5 Å². The molecule has 14 nitrogen and oxygen atoms in total. The standard InChI is InChI=1S/C33H53N5O9S/c1-26(39)30(44-2)25-48(23-13-29(35)33(42)43)22-7-5-3-4-6-8-31(40)38-37-24-27-9-11-28(12-10-27)32(41)36-15-17-46-19-21-47-20-18-45-16-14-34/h9-12,24,26,29-30,39H,3-4,6,8,13-23,25,34-35H2,1-2H3,(H2-,36,38,40,41,42,43)/p+1/t26-,29?,30?,48?/m1/s1. The summed E-state index contributed by atoms with van der Waals surface area (Å²) in [6.45, 7) is 5.24. The van der Waals surface area contributed by atoms with Crippen LogP contribution in [0.2, 0.25) is 0 Å². The van der Waals surface area contributed by atoms with Crippen LogP contribution in [0.1, 0.15) is 54.9 Å². The van der Waals surface area contributed by atoms with Crippen LogP contribution in [0.25, 0.3) is 0 Å². The molecule has 0 saturated heterocycles. The second-order valence-corrected chi connectivity index (χ2v) is 13.0. The molecule has 1 rings (SSSR count). The fourth-order valence-corrected chi connectivity index (χ4v) is 6.13. The van der Waals surface area contributed by atoms with Gasteiger partial charge in [-0.2, -0.15) is 5.10 Å². The van der Waals surface area contributed by atoms with Crippen LogP contribution in [0, 0.1) is 11.8 Å². The smallest absolute Gasteiger partial charge is 0.320 e. The summed E-state index contributed by atoms with van der Waals surface area (Å²) in [4.78, 5) is 35.5. The zero-order valence-electron chi connectivity index (χ0n) is 28.2. The number of amides is 2. The van der Waals surface area contributed by atoms with Gasteiger partial charge >= 0.3 is 5.97 Å². The Hall–Kier alpha value is -3.07. The Balaban J connectivity index is 2.26. The number of aliphatic hydroxyl groups is 1. The summed E-state index contributed by atoms with van der Waals surface area (Å²) in [6, 6.07) is 5.90. The highest BCUT2D eigenvalue weighted by Gasteiger charge is 2.28. The summed E-state index contributed by atoms with van der Waals surface area (Å²) >= 11 is 0. The lowest BCUT2D eigenvalue weighted by molar-refractivity contribution is -0.138. The number of hydrogen-bond acceptors (Lipinski definition) is 11. The molecule has 0 aliphatic carbocycles. The number of hydrogen-bond donors (Lipinski definition) is 6. The van der Waals surface area contributed by atoms with E-state index in [-0.39, 0.29) is 28.8 Å². The molecule has 0 radical (unpaired) electrons. The van der Waals surface area contributed by atoms with Crippen LogP contribution < -0.4 is 22.2 Å². The van der Waals surface area contributed by atoms with E-state index in [0.717, 1.165) is 12.0 Å². The van der Waals surface area contributed by atoms with Gasteiger partial charge in [-0.25, -0.2) is 5.43 Å². The number of aliphatic hydroxyl groups excluding tert-OH is 1. The van der Waals surface area contributed by atoms with E-state index in [2.05, 4.69) is 27.7 Å². The van der Waals surface area contributed by atoms with Gasteiger partial charge in [0.2, 0.25) is 5.91 Å². The normalized spacial score (nSPS) is 13.7. The fraction of sp³-hybridized carbons (Fsp3) is 0.636. The first-order chi connectivity index (χ1) is 23.2. The molecule has 0 aliphatic heterocycles. The van der Waals surface area contributed by atoms with Gasteiger partial charge in [-0.05, 0) is 43.4 Å². The molecule has 1 aromatic carbocycles. The van der Waals surface area contributed by atoms with Gasteiger partial charge < -0.3 is 45.9 Å². The topological polar surface area (TPSA) is 217 Å². The number of hydrazone groups is 1. The minimum absolute atomic E-state index is 0.208. The second kappa shape index (κ2) is 27.8. The summed E-state index contributed by atoms with van der Waals surface area (Å²) in [6.07, 6.45) is 3.17. The number of ether oxygens (including phenoxy) is 4. The van der Waals surface area contributed by atoms with E-state index < -0.39 is 18.1 Å². The quantitative estimate of drug-likeness (QED) is 0.0241. The minimum Gasteiger partial charge on any atom is -0.480 e. The largest absolute Gasteiger partial charge is 0.480 e. The van der Waals surface area contributed by atoms with E-state index in [0.29, 0.717) is 101 Å². The first-order valence-electron chi connectivity index (χ1n) is 16.1. The van der Waals surface area contributed by atoms with Gasteiger partial charge in [-0.15, -0.1) is 0 Å². The molecule has 3 unspecified atom stereocenters. The Morgan fingerprint density at radius 1 is 1.02 bits per heavy atom. The second-order valence-electron chi connectivity index (χ2n) is 10.7. The zero-order valence-corrected chi connectivity index (χ0v) is 29.0. The molecule has 8 N–H and O–H groups in total. The number of nitrogens with one attached hydrogen (secondary N) is 2. The molecule has 0 aliphatic rings. The van der Waals surface area contributed by atoms with Crippen molar-refractivity contribution < 1.29 is 43.5 Å². The van der Waals surface area contributed by atoms with Gasteiger partial charge in [-0.1, -0.05) is 18.1 Å². The maximum Gasteiger partial charge on any atom is 0.320 e. The summed E-state index contributed by atoms with van der Waals surface area (Å²) in [7, 11) is 1.27. The van der Waals surface area contributed by atoms with E-state index in [1.807, 2.05) is 0 Å². The Labute approximate surface area is 287 Å². The van der Waals surface area contributed by atoms with E-state index in [4.69, 9.17) is 35.5 Å². The van der Waals surface area contributed by atoms with E-state index in [1.54, 1.807) is 38.3 Å². The summed E-state index contributed by atoms with van der Waals surface area (Å²) in [5.41, 5.74) is 14.7. The van der Waals surface area contributed by atoms with Crippen LogP contribution in [0.4, 0.5) is 0 Å². The number of carboxylic acids is 1. The number of carbonyl (C=O) groups excluding carboxylic acids is 2. The number of unbranched alkanes of at least 4 members (excludes halogenated alkanes) is 2. The van der Waals surface area contributed by atoms with Crippen molar-refractivity contribution in [3.8, 4) is 11.8 Å². The molecule has 48 heavy (non-hydrogen) atoms. The molecular formula is C33H54N5O9S+. The summed E-state index contributed by atoms with van der Waals surface area (Å²) < 4.78 is 21.4. The Morgan fingerprint density at radius 3 is 2.31 bits per heavy atom. The third-order valence-corrected chi connectivity index (χ3v) is 8.91. The van der Waals surface area contributed by atoms with Crippen LogP contribution in [0.3, 0.4) is 0 Å². The van der Waals surface area contributed by atoms with Crippen LogP contribution in [-0.4, -0.2) is 130 Å². The van der Waals surface area contributed by atoms with Crippen molar-refractivity contribution in [1.82, 2.24) is 10.7 Å². The fourth-order valence-electron chi connectivity index (χ4n) is 3.93. The first kappa shape index (κ1) is 43.0. The molecule has 2 amide bonds. The lowest BCUT2D eigenvalue weighted by Gasteiger charge is -2.18. The van der Waals surface area contributed by atoms with Gasteiger partial charge in [-0.3, -0.25) is 14.4 Å². The minimum atomic E-state index is -1.03. The number of benzene rings is 1. The van der Waals surface area contributed by atoms with Crippen LogP contribution in [0.5, 0.6) is 0 Å². The monoisotopic (exact) mass is 696 g/mol. The highest BCUT2D eigenvalue weighted by molar-refractivity contribution is 7.97. The average molecular weight is 697 g/mol. The number of methoxy groups -OCH3 is 1. The first-order valence-corrected chi connectivity index (χ1v) is 17.8.